The molecule has 0 atom stereocenters. The second kappa shape index (κ2) is 18.0. The summed E-state index contributed by atoms with van der Waals surface area (Å²) in [6.45, 7) is 9.26. The molecule has 0 amide bonds. The zero-order valence-corrected chi connectivity index (χ0v) is 40.6. The molecule has 2 heterocycles. The molecule has 316 valence electrons. The third kappa shape index (κ3) is 7.85. The van der Waals surface area contributed by atoms with Crippen molar-refractivity contribution in [3.05, 3.63) is 180 Å². The van der Waals surface area contributed by atoms with Crippen LogP contribution in [-0.2, 0) is 31.9 Å². The van der Waals surface area contributed by atoms with Gasteiger partial charge < -0.3 is 19.4 Å². The predicted molar refractivity (Wildman–Crippen MR) is 260 cm³/mol. The first kappa shape index (κ1) is 44.2. The van der Waals surface area contributed by atoms with Crippen LogP contribution in [0.25, 0.3) is 67.0 Å². The summed E-state index contributed by atoms with van der Waals surface area (Å²) in [5.41, 5.74) is 18.8. The van der Waals surface area contributed by atoms with Gasteiger partial charge in [0, 0.05) is 44.5 Å². The van der Waals surface area contributed by atoms with Crippen molar-refractivity contribution in [1.82, 2.24) is 9.97 Å². The minimum Gasteiger partial charge on any atom is -0.540 e. The number of benzene rings is 6. The summed E-state index contributed by atoms with van der Waals surface area (Å²) >= 11 is 3.41. The Kier molecular flexibility index (Phi) is 12.6. The molecule has 0 spiro atoms. The Morgan fingerprint density at radius 2 is 0.857 bits per heavy atom. The summed E-state index contributed by atoms with van der Waals surface area (Å²) in [4.78, 5) is 11.4. The Morgan fingerprint density at radius 3 is 1.25 bits per heavy atom. The average Bonchev–Trinajstić information content (AvgIpc) is 3.71. The van der Waals surface area contributed by atoms with Crippen LogP contribution in [0.1, 0.15) is 49.9 Å². The first-order chi connectivity index (χ1) is 30.1. The first-order valence-electron chi connectivity index (χ1n) is 20.8. The first-order valence-corrected chi connectivity index (χ1v) is 23.2. The number of ether oxygens (including phenoxy) is 2. The second-order valence-corrected chi connectivity index (χ2v) is 18.4. The molecule has 2 aliphatic carbocycles. The van der Waals surface area contributed by atoms with Gasteiger partial charge in [-0.1, -0.05) is 170 Å². The van der Waals surface area contributed by atoms with E-state index in [2.05, 4.69) is 184 Å². The van der Waals surface area contributed by atoms with E-state index in [1.807, 2.05) is 24.5 Å². The van der Waals surface area contributed by atoms with Crippen LogP contribution in [-0.4, -0.2) is 36.7 Å². The predicted octanol–water partition coefficient (Wildman–Crippen LogP) is 14.5. The molecule has 10 rings (SSSR count). The summed E-state index contributed by atoms with van der Waals surface area (Å²) in [6.07, 6.45) is 7.82. The summed E-state index contributed by atoms with van der Waals surface area (Å²) < 4.78 is 11.6. The Morgan fingerprint density at radius 1 is 0.476 bits per heavy atom. The standard InChI is InChI=1S/2C28H24NOS.Pt/c2*1-28(2)24-11-6-5-8-21(24)22-10-7-9-20(27(22)28)18-12-13-23(26(16-18)30-3)25-17-19(31-4)14-15-29-25;/h2*5-12,14-17H,1-4H3;/q2*-1;+2. The Labute approximate surface area is 395 Å². The molecular formula is C56H48N2O2PtS2. The molecular weight excluding hydrogens is 992 g/mol. The molecule has 0 bridgehead atoms. The molecule has 0 fully saturated rings. The molecule has 0 N–H and O–H groups in total. The van der Waals surface area contributed by atoms with Crippen molar-refractivity contribution in [3.8, 4) is 78.5 Å². The van der Waals surface area contributed by atoms with Crippen molar-refractivity contribution in [2.45, 2.75) is 48.3 Å². The van der Waals surface area contributed by atoms with Crippen LogP contribution in [0.15, 0.2) is 156 Å². The van der Waals surface area contributed by atoms with Crippen LogP contribution < -0.4 is 9.47 Å². The van der Waals surface area contributed by atoms with Gasteiger partial charge in [-0.2, -0.15) is 0 Å². The van der Waals surface area contributed by atoms with Crippen molar-refractivity contribution in [1.29, 1.82) is 0 Å². The maximum atomic E-state index is 5.79. The van der Waals surface area contributed by atoms with Crippen molar-refractivity contribution in [2.24, 2.45) is 0 Å². The van der Waals surface area contributed by atoms with Crippen LogP contribution in [0.2, 0.25) is 0 Å². The molecule has 0 radical (unpaired) electrons. The Bertz CT molecular complexity index is 2790. The van der Waals surface area contributed by atoms with E-state index in [1.165, 1.54) is 65.4 Å². The summed E-state index contributed by atoms with van der Waals surface area (Å²) in [5, 5.41) is 0. The number of aromatic nitrogens is 2. The number of fused-ring (bicyclic) bond motifs is 6. The Balaban J connectivity index is 0.000000170. The van der Waals surface area contributed by atoms with E-state index in [0.29, 0.717) is 0 Å². The van der Waals surface area contributed by atoms with Gasteiger partial charge in [-0.05, 0) is 80.5 Å². The van der Waals surface area contributed by atoms with Gasteiger partial charge >= 0.3 is 21.1 Å². The van der Waals surface area contributed by atoms with E-state index >= 15 is 0 Å². The molecule has 4 nitrogen and oxygen atoms in total. The molecule has 0 unspecified atom stereocenters. The second-order valence-electron chi connectivity index (χ2n) is 16.6. The van der Waals surface area contributed by atoms with E-state index in [0.717, 1.165) is 45.1 Å². The van der Waals surface area contributed by atoms with E-state index < -0.39 is 0 Å². The maximum Gasteiger partial charge on any atom is 2.00 e. The van der Waals surface area contributed by atoms with Crippen molar-refractivity contribution in [2.75, 3.05) is 26.7 Å². The van der Waals surface area contributed by atoms with Gasteiger partial charge in [-0.15, -0.1) is 47.8 Å². The van der Waals surface area contributed by atoms with Crippen LogP contribution >= 0.6 is 23.5 Å². The summed E-state index contributed by atoms with van der Waals surface area (Å²) in [5.74, 6) is 1.57. The Hall–Kier alpha value is -5.39. The number of methoxy groups -OCH3 is 2. The minimum absolute atomic E-state index is 0. The van der Waals surface area contributed by atoms with Crippen molar-refractivity contribution < 1.29 is 30.5 Å². The van der Waals surface area contributed by atoms with Gasteiger partial charge in [0.1, 0.15) is 0 Å². The molecule has 8 aromatic rings. The van der Waals surface area contributed by atoms with E-state index in [-0.39, 0.29) is 31.9 Å². The molecule has 0 aliphatic heterocycles. The van der Waals surface area contributed by atoms with E-state index in [4.69, 9.17) is 9.47 Å². The average molecular weight is 1040 g/mol. The number of pyridine rings is 2. The van der Waals surface area contributed by atoms with Gasteiger partial charge in [0.05, 0.1) is 14.2 Å². The molecule has 2 aliphatic rings. The van der Waals surface area contributed by atoms with Crippen LogP contribution in [0.4, 0.5) is 0 Å². The number of hydrogen-bond acceptors (Lipinski definition) is 6. The monoisotopic (exact) mass is 1040 g/mol. The number of nitrogens with zero attached hydrogens (tertiary/aromatic N) is 2. The van der Waals surface area contributed by atoms with Crippen molar-refractivity contribution >= 4 is 23.5 Å². The maximum absolute atomic E-state index is 5.79. The minimum atomic E-state index is -0.0668. The third-order valence-corrected chi connectivity index (χ3v) is 13.9. The summed E-state index contributed by atoms with van der Waals surface area (Å²) in [6, 6.07) is 54.2. The SMILES string of the molecule is COc1cc(-c2cccc3c2C(C)(C)c2ccccc2-3)c[c-]c1-c1cc(SC)ccn1.COc1cc(-c2cccc3c2C(C)(C)c2ccccc2-3)c[c-]c1-c1cc(SC)ccn1.[Pt+2]. The van der Waals surface area contributed by atoms with Crippen molar-refractivity contribution in [3.63, 3.8) is 0 Å². The van der Waals surface area contributed by atoms with Gasteiger partial charge in [0.25, 0.3) is 0 Å². The van der Waals surface area contributed by atoms with Gasteiger partial charge in [0.15, 0.2) is 0 Å². The quantitative estimate of drug-likeness (QED) is 0.112. The van der Waals surface area contributed by atoms with Gasteiger partial charge in [-0.25, -0.2) is 0 Å². The van der Waals surface area contributed by atoms with Gasteiger partial charge in [-0.3, -0.25) is 0 Å². The fourth-order valence-electron chi connectivity index (χ4n) is 9.51. The topological polar surface area (TPSA) is 44.2 Å². The zero-order chi connectivity index (χ0) is 43.2. The van der Waals surface area contributed by atoms with E-state index in [1.54, 1.807) is 37.7 Å². The molecule has 0 saturated heterocycles. The van der Waals surface area contributed by atoms with Crippen LogP contribution in [0.5, 0.6) is 11.5 Å². The van der Waals surface area contributed by atoms with Gasteiger partial charge in [0.2, 0.25) is 0 Å². The van der Waals surface area contributed by atoms with Crippen LogP contribution in [0, 0.1) is 12.1 Å². The largest absolute Gasteiger partial charge is 2.00 e. The third-order valence-electron chi connectivity index (χ3n) is 12.5. The van der Waals surface area contributed by atoms with Crippen LogP contribution in [0.3, 0.4) is 0 Å². The zero-order valence-electron chi connectivity index (χ0n) is 36.7. The molecule has 0 saturated carbocycles. The smallest absolute Gasteiger partial charge is 0.540 e. The molecule has 2 aromatic heterocycles. The molecule has 6 aromatic carbocycles. The number of thioether (sulfide) groups is 2. The number of hydrogen-bond donors (Lipinski definition) is 0. The molecule has 7 heteroatoms. The van der Waals surface area contributed by atoms with E-state index in [9.17, 15) is 0 Å². The summed E-state index contributed by atoms with van der Waals surface area (Å²) in [7, 11) is 3.42. The number of rotatable bonds is 8. The fourth-order valence-corrected chi connectivity index (χ4v) is 10.4. The fraction of sp³-hybridized carbons (Fsp3) is 0.179. The molecule has 63 heavy (non-hydrogen) atoms. The normalized spacial score (nSPS) is 13.3.